The van der Waals surface area contributed by atoms with Crippen molar-refractivity contribution in [1.82, 2.24) is 15.0 Å². The highest BCUT2D eigenvalue weighted by Crippen LogP contribution is 2.18. The molecule has 0 saturated heterocycles. The van der Waals surface area contributed by atoms with Crippen LogP contribution in [-0.4, -0.2) is 43.0 Å². The van der Waals surface area contributed by atoms with Crippen molar-refractivity contribution in [3.63, 3.8) is 0 Å². The first-order valence-corrected chi connectivity index (χ1v) is 10.6. The van der Waals surface area contributed by atoms with Gasteiger partial charge in [-0.15, -0.1) is 0 Å². The van der Waals surface area contributed by atoms with Gasteiger partial charge in [-0.1, -0.05) is 12.1 Å². The molecule has 0 unspecified atom stereocenters. The molecule has 1 aromatic carbocycles. The molecule has 2 heterocycles. The fraction of sp³-hybridized carbons (Fsp3) is 0.278. The van der Waals surface area contributed by atoms with E-state index < -0.39 is 10.0 Å². The number of sulfonamides is 1. The molecule has 0 bridgehead atoms. The highest BCUT2D eigenvalue weighted by molar-refractivity contribution is 7.89. The molecule has 3 aromatic rings. The summed E-state index contributed by atoms with van der Waals surface area (Å²) in [6, 6.07) is 8.12. The summed E-state index contributed by atoms with van der Waals surface area (Å²) in [5.41, 5.74) is 6.51. The summed E-state index contributed by atoms with van der Waals surface area (Å²) in [5, 5.41) is 11.8. The number of anilines is 2. The summed E-state index contributed by atoms with van der Waals surface area (Å²) in [6.07, 6.45) is 2.80. The van der Waals surface area contributed by atoms with Gasteiger partial charge in [-0.25, -0.2) is 18.5 Å². The van der Waals surface area contributed by atoms with E-state index in [4.69, 9.17) is 10.9 Å². The molecule has 0 aliphatic rings. The molecule has 0 fully saturated rings. The van der Waals surface area contributed by atoms with Gasteiger partial charge in [0.15, 0.2) is 0 Å². The lowest BCUT2D eigenvalue weighted by molar-refractivity contribution is 0.597. The fourth-order valence-corrected chi connectivity index (χ4v) is 3.39. The Morgan fingerprint density at radius 1 is 1.10 bits per heavy atom. The van der Waals surface area contributed by atoms with Crippen LogP contribution in [-0.2, 0) is 16.4 Å². The molecular formula is C18H23N7O3S. The van der Waals surface area contributed by atoms with Crippen LogP contribution < -0.4 is 27.1 Å². The summed E-state index contributed by atoms with van der Waals surface area (Å²) in [5.74, 6) is 0.796. The highest BCUT2D eigenvalue weighted by Gasteiger charge is 2.12. The molecular weight excluding hydrogens is 394 g/mol. The van der Waals surface area contributed by atoms with Crippen molar-refractivity contribution in [3.8, 4) is 0 Å². The normalized spacial score (nSPS) is 11.5. The number of rotatable bonds is 9. The number of nitrogens with two attached hydrogens (primary N) is 2. The molecule has 0 radical (unpaired) electrons. The third-order valence-corrected chi connectivity index (χ3v) is 5.13. The van der Waals surface area contributed by atoms with Gasteiger partial charge in [0.2, 0.25) is 16.0 Å². The minimum atomic E-state index is -3.76. The Labute approximate surface area is 167 Å². The second-order valence-corrected chi connectivity index (χ2v) is 7.96. The number of aromatic amines is 1. The Morgan fingerprint density at radius 3 is 2.69 bits per heavy atom. The number of nitrogens with one attached hydrogen (secondary N) is 3. The van der Waals surface area contributed by atoms with E-state index >= 15 is 0 Å². The maximum Gasteiger partial charge on any atom is 0.261 e. The summed E-state index contributed by atoms with van der Waals surface area (Å²) in [4.78, 5) is 23.7. The number of pyridine rings is 1. The Kier molecular flexibility index (Phi) is 6.42. The van der Waals surface area contributed by atoms with Crippen molar-refractivity contribution in [2.45, 2.75) is 17.7 Å². The minimum absolute atomic E-state index is 0.0605. The van der Waals surface area contributed by atoms with Crippen molar-refractivity contribution in [2.24, 2.45) is 10.9 Å². The van der Waals surface area contributed by atoms with Crippen LogP contribution in [0.4, 0.5) is 11.8 Å². The quantitative estimate of drug-likeness (QED) is 0.311. The average Bonchev–Trinajstić information content (AvgIpc) is 2.68. The number of hydrogen-bond acceptors (Lipinski definition) is 8. The van der Waals surface area contributed by atoms with Crippen LogP contribution in [0.25, 0.3) is 10.9 Å². The number of benzene rings is 1. The second kappa shape index (κ2) is 8.99. The summed E-state index contributed by atoms with van der Waals surface area (Å²) < 4.78 is 23.0. The van der Waals surface area contributed by atoms with Crippen LogP contribution in [0, 0.1) is 0 Å². The monoisotopic (exact) mass is 417 g/mol. The predicted octanol–water partition coefficient (Wildman–Crippen LogP) is 0.381. The number of H-pyrrole nitrogens is 1. The Morgan fingerprint density at radius 2 is 1.93 bits per heavy atom. The maximum absolute atomic E-state index is 12.3. The third-order valence-electron chi connectivity index (χ3n) is 4.22. The zero-order chi connectivity index (χ0) is 20.9. The van der Waals surface area contributed by atoms with E-state index in [1.807, 2.05) is 0 Å². The van der Waals surface area contributed by atoms with E-state index in [2.05, 4.69) is 25.6 Å². The van der Waals surface area contributed by atoms with Crippen molar-refractivity contribution < 1.29 is 8.42 Å². The van der Waals surface area contributed by atoms with E-state index in [-0.39, 0.29) is 10.5 Å². The Hall–Kier alpha value is -3.02. The number of fused-ring (bicyclic) bond motifs is 1. The van der Waals surface area contributed by atoms with Gasteiger partial charge >= 0.3 is 0 Å². The molecule has 11 heteroatoms. The molecule has 154 valence electrons. The molecule has 0 atom stereocenters. The van der Waals surface area contributed by atoms with E-state index in [0.717, 1.165) is 12.0 Å². The number of nitrogens with zero attached hydrogens (tertiary/aromatic N) is 2. The lowest BCUT2D eigenvalue weighted by atomic mass is 10.1. The third kappa shape index (κ3) is 5.28. The zero-order valence-corrected chi connectivity index (χ0v) is 16.5. The first kappa shape index (κ1) is 20.7. The largest absolute Gasteiger partial charge is 0.369 e. The lowest BCUT2D eigenvalue weighted by Gasteiger charge is -2.11. The van der Waals surface area contributed by atoms with E-state index in [1.54, 1.807) is 18.2 Å². The minimum Gasteiger partial charge on any atom is -0.369 e. The van der Waals surface area contributed by atoms with Crippen LogP contribution in [0.1, 0.15) is 12.0 Å². The van der Waals surface area contributed by atoms with Crippen LogP contribution >= 0.6 is 0 Å². The van der Waals surface area contributed by atoms with Crippen molar-refractivity contribution in [3.05, 3.63) is 52.4 Å². The zero-order valence-electron chi connectivity index (χ0n) is 15.7. The smallest absolute Gasteiger partial charge is 0.261 e. The summed E-state index contributed by atoms with van der Waals surface area (Å²) in [7, 11) is -3.76. The number of primary sulfonamides is 1. The summed E-state index contributed by atoms with van der Waals surface area (Å²) >= 11 is 0. The van der Waals surface area contributed by atoms with Gasteiger partial charge < -0.3 is 21.4 Å². The van der Waals surface area contributed by atoms with Crippen LogP contribution in [0.2, 0.25) is 0 Å². The van der Waals surface area contributed by atoms with Crippen molar-refractivity contribution in [2.75, 3.05) is 30.3 Å². The summed E-state index contributed by atoms with van der Waals surface area (Å²) in [6.45, 7) is 1.59. The Bertz CT molecular complexity index is 1160. The standard InChI is InChI=1S/C18H23N7O3S/c19-7-2-8-23-18-24-14-6-10-22-17(26)15(14)16(25-18)21-9-5-12-3-1-4-13(11-12)29(20,27)28/h1,3-4,6,10-11H,2,5,7-9,19H2,(H,22,26)(H2,20,27,28)(H2,21,23,24,25). The van der Waals surface area contributed by atoms with Gasteiger partial charge in [0, 0.05) is 19.3 Å². The SMILES string of the molecule is NCCCNc1nc(NCCc2cccc(S(N)(=O)=O)c2)c2c(=O)[nH]ccc2n1. The molecule has 0 saturated carbocycles. The predicted molar refractivity (Wildman–Crippen MR) is 112 cm³/mol. The van der Waals surface area contributed by atoms with E-state index in [9.17, 15) is 13.2 Å². The number of aromatic nitrogens is 3. The molecule has 0 aliphatic heterocycles. The average molecular weight is 417 g/mol. The van der Waals surface area contributed by atoms with Crippen LogP contribution in [0.3, 0.4) is 0 Å². The van der Waals surface area contributed by atoms with Crippen LogP contribution in [0.15, 0.2) is 46.2 Å². The van der Waals surface area contributed by atoms with E-state index in [1.165, 1.54) is 18.3 Å². The molecule has 0 amide bonds. The van der Waals surface area contributed by atoms with Gasteiger partial charge in [0.25, 0.3) is 5.56 Å². The van der Waals surface area contributed by atoms with E-state index in [0.29, 0.717) is 48.7 Å². The van der Waals surface area contributed by atoms with Crippen molar-refractivity contribution in [1.29, 1.82) is 0 Å². The van der Waals surface area contributed by atoms with Crippen molar-refractivity contribution >= 4 is 32.7 Å². The van der Waals surface area contributed by atoms with Gasteiger partial charge in [0.1, 0.15) is 11.2 Å². The number of hydrogen-bond donors (Lipinski definition) is 5. The lowest BCUT2D eigenvalue weighted by Crippen LogP contribution is -2.16. The van der Waals surface area contributed by atoms with Crippen LogP contribution in [0.5, 0.6) is 0 Å². The molecule has 0 spiro atoms. The molecule has 3 rings (SSSR count). The molecule has 7 N–H and O–H groups in total. The maximum atomic E-state index is 12.3. The topological polar surface area (TPSA) is 169 Å². The Balaban J connectivity index is 1.81. The fourth-order valence-electron chi connectivity index (χ4n) is 2.80. The second-order valence-electron chi connectivity index (χ2n) is 6.40. The first-order valence-electron chi connectivity index (χ1n) is 9.07. The first-order chi connectivity index (χ1) is 13.9. The molecule has 0 aliphatic carbocycles. The molecule has 29 heavy (non-hydrogen) atoms. The van der Waals surface area contributed by atoms with Gasteiger partial charge in [-0.3, -0.25) is 4.79 Å². The van der Waals surface area contributed by atoms with Gasteiger partial charge in [-0.05, 0) is 43.1 Å². The highest BCUT2D eigenvalue weighted by atomic mass is 32.2. The molecule has 10 nitrogen and oxygen atoms in total. The van der Waals surface area contributed by atoms with Gasteiger partial charge in [-0.2, -0.15) is 4.98 Å². The molecule has 2 aromatic heterocycles. The van der Waals surface area contributed by atoms with Gasteiger partial charge in [0.05, 0.1) is 10.4 Å².